The minimum Gasteiger partial charge on any atom is -0.369 e. The molecule has 0 atom stereocenters. The Balaban J connectivity index is 2.77. The van der Waals surface area contributed by atoms with Gasteiger partial charge in [0, 0.05) is 0 Å². The van der Waals surface area contributed by atoms with Crippen molar-refractivity contribution in [2.75, 3.05) is 5.73 Å². The van der Waals surface area contributed by atoms with Gasteiger partial charge in [0.1, 0.15) is 5.82 Å². The van der Waals surface area contributed by atoms with Gasteiger partial charge in [-0.1, -0.05) is 6.08 Å². The topological polar surface area (TPSA) is 100 Å². The van der Waals surface area contributed by atoms with E-state index in [0.29, 0.717) is 17.0 Å². The van der Waals surface area contributed by atoms with Crippen LogP contribution in [0.5, 0.6) is 0 Å². The van der Waals surface area contributed by atoms with Crippen molar-refractivity contribution in [3.63, 3.8) is 0 Å². The van der Waals surface area contributed by atoms with Crippen molar-refractivity contribution >= 4 is 23.2 Å². The second-order valence-electron chi connectivity index (χ2n) is 2.77. The third kappa shape index (κ3) is 1.26. The predicted molar refractivity (Wildman–Crippen MR) is 53.6 cm³/mol. The first kappa shape index (κ1) is 8.49. The van der Waals surface area contributed by atoms with Crippen molar-refractivity contribution in [2.45, 2.75) is 6.92 Å². The van der Waals surface area contributed by atoms with Gasteiger partial charge < -0.3 is 10.7 Å². The highest BCUT2D eigenvalue weighted by molar-refractivity contribution is 5.72. The van der Waals surface area contributed by atoms with E-state index < -0.39 is 0 Å². The molecule has 2 aromatic heterocycles. The molecule has 6 heteroatoms. The molecule has 0 bridgehead atoms. The summed E-state index contributed by atoms with van der Waals surface area (Å²) in [6, 6.07) is 0. The van der Waals surface area contributed by atoms with Crippen LogP contribution in [0.25, 0.3) is 17.2 Å². The number of fused-ring (bicyclic) bond motifs is 1. The van der Waals surface area contributed by atoms with Crippen LogP contribution in [0.1, 0.15) is 12.7 Å². The molecular formula is C8H9N5O. The Morgan fingerprint density at radius 1 is 1.36 bits per heavy atom. The molecule has 2 heterocycles. The molecule has 0 aromatic carbocycles. The lowest BCUT2D eigenvalue weighted by Crippen LogP contribution is -2.10. The van der Waals surface area contributed by atoms with Crippen molar-refractivity contribution in [3.05, 3.63) is 22.3 Å². The number of hydrogen-bond acceptors (Lipinski definition) is 4. The summed E-state index contributed by atoms with van der Waals surface area (Å²) in [5.41, 5.74) is 5.73. The zero-order valence-corrected chi connectivity index (χ0v) is 7.53. The van der Waals surface area contributed by atoms with Crippen LogP contribution < -0.4 is 11.3 Å². The Morgan fingerprint density at radius 3 is 2.86 bits per heavy atom. The summed E-state index contributed by atoms with van der Waals surface area (Å²) in [7, 11) is 0. The molecule has 72 valence electrons. The van der Waals surface area contributed by atoms with Gasteiger partial charge >= 0.3 is 0 Å². The Hall–Kier alpha value is -2.11. The SMILES string of the molecule is C/C=C/c1nc2nc(N)[nH]c(=O)c2[nH]1. The van der Waals surface area contributed by atoms with Gasteiger partial charge in [0.05, 0.1) is 0 Å². The van der Waals surface area contributed by atoms with Crippen LogP contribution in [0.3, 0.4) is 0 Å². The average Bonchev–Trinajstić information content (AvgIpc) is 2.48. The maximum Gasteiger partial charge on any atom is 0.278 e. The van der Waals surface area contributed by atoms with Gasteiger partial charge in [0.25, 0.3) is 5.56 Å². The van der Waals surface area contributed by atoms with Crippen molar-refractivity contribution < 1.29 is 0 Å². The maximum absolute atomic E-state index is 11.3. The average molecular weight is 191 g/mol. The molecule has 0 saturated carbocycles. The largest absolute Gasteiger partial charge is 0.369 e. The fourth-order valence-corrected chi connectivity index (χ4v) is 1.18. The summed E-state index contributed by atoms with van der Waals surface area (Å²) < 4.78 is 0. The zero-order valence-electron chi connectivity index (χ0n) is 7.53. The zero-order chi connectivity index (χ0) is 10.1. The molecule has 6 nitrogen and oxygen atoms in total. The van der Waals surface area contributed by atoms with Crippen molar-refractivity contribution in [1.29, 1.82) is 0 Å². The highest BCUT2D eigenvalue weighted by atomic mass is 16.1. The van der Waals surface area contributed by atoms with E-state index in [1.54, 1.807) is 6.08 Å². The fourth-order valence-electron chi connectivity index (χ4n) is 1.18. The van der Waals surface area contributed by atoms with Crippen molar-refractivity contribution in [3.8, 4) is 0 Å². The van der Waals surface area contributed by atoms with Crippen LogP contribution in [-0.4, -0.2) is 19.9 Å². The molecule has 0 amide bonds. The van der Waals surface area contributed by atoms with Crippen LogP contribution in [0.2, 0.25) is 0 Å². The standard InChI is InChI=1S/C8H9N5O/c1-2-3-4-10-5-6(11-4)12-8(9)13-7(5)14/h2-3H,1H3,(H4,9,10,11,12,13,14)/b3-2+. The molecule has 2 aromatic rings. The second-order valence-corrected chi connectivity index (χ2v) is 2.77. The Kier molecular flexibility index (Phi) is 1.81. The number of rotatable bonds is 1. The van der Waals surface area contributed by atoms with Gasteiger partial charge in [0.15, 0.2) is 11.2 Å². The van der Waals surface area contributed by atoms with Crippen LogP contribution in [0.15, 0.2) is 10.9 Å². The second kappa shape index (κ2) is 2.99. The van der Waals surface area contributed by atoms with Gasteiger partial charge in [-0.25, -0.2) is 4.98 Å². The number of aromatic nitrogens is 4. The van der Waals surface area contributed by atoms with E-state index in [-0.39, 0.29) is 11.5 Å². The van der Waals surface area contributed by atoms with Crippen molar-refractivity contribution in [1.82, 2.24) is 19.9 Å². The van der Waals surface area contributed by atoms with Crippen LogP contribution in [0, 0.1) is 0 Å². The first-order chi connectivity index (χ1) is 6.70. The minimum atomic E-state index is -0.309. The molecular weight excluding hydrogens is 182 g/mol. The molecule has 0 fully saturated rings. The van der Waals surface area contributed by atoms with Crippen LogP contribution >= 0.6 is 0 Å². The number of H-pyrrole nitrogens is 2. The molecule has 0 aliphatic carbocycles. The van der Waals surface area contributed by atoms with E-state index in [1.165, 1.54) is 0 Å². The lowest BCUT2D eigenvalue weighted by atomic mass is 10.5. The Morgan fingerprint density at radius 2 is 2.14 bits per heavy atom. The lowest BCUT2D eigenvalue weighted by Gasteiger charge is -1.89. The molecule has 0 unspecified atom stereocenters. The molecule has 0 radical (unpaired) electrons. The normalized spacial score (nSPS) is 11.5. The Labute approximate surface area is 78.9 Å². The molecule has 0 aliphatic rings. The smallest absolute Gasteiger partial charge is 0.278 e. The predicted octanol–water partition coefficient (Wildman–Crippen LogP) is 0.262. The quantitative estimate of drug-likeness (QED) is 0.601. The molecule has 0 spiro atoms. The van der Waals surface area contributed by atoms with E-state index in [0.717, 1.165) is 0 Å². The van der Waals surface area contributed by atoms with Crippen LogP contribution in [-0.2, 0) is 0 Å². The van der Waals surface area contributed by atoms with E-state index in [1.807, 2.05) is 13.0 Å². The first-order valence-corrected chi connectivity index (χ1v) is 4.09. The fraction of sp³-hybridized carbons (Fsp3) is 0.125. The lowest BCUT2D eigenvalue weighted by molar-refractivity contribution is 1.17. The summed E-state index contributed by atoms with van der Waals surface area (Å²) in [6.07, 6.45) is 3.56. The highest BCUT2D eigenvalue weighted by Gasteiger charge is 2.06. The monoisotopic (exact) mass is 191 g/mol. The van der Waals surface area contributed by atoms with Gasteiger partial charge in [0.2, 0.25) is 5.95 Å². The van der Waals surface area contributed by atoms with Crippen LogP contribution in [0.4, 0.5) is 5.95 Å². The summed E-state index contributed by atoms with van der Waals surface area (Å²) in [6.45, 7) is 1.86. The third-order valence-electron chi connectivity index (χ3n) is 1.72. The summed E-state index contributed by atoms with van der Waals surface area (Å²) in [5.74, 6) is 0.659. The third-order valence-corrected chi connectivity index (χ3v) is 1.72. The number of hydrogen-bond donors (Lipinski definition) is 3. The van der Waals surface area contributed by atoms with Crippen molar-refractivity contribution in [2.24, 2.45) is 0 Å². The van der Waals surface area contributed by atoms with E-state index in [4.69, 9.17) is 5.73 Å². The van der Waals surface area contributed by atoms with E-state index in [9.17, 15) is 4.79 Å². The molecule has 0 saturated heterocycles. The maximum atomic E-state index is 11.3. The first-order valence-electron chi connectivity index (χ1n) is 4.09. The number of aromatic amines is 2. The van der Waals surface area contributed by atoms with Gasteiger partial charge in [-0.3, -0.25) is 9.78 Å². The number of nitrogens with one attached hydrogen (secondary N) is 2. The highest BCUT2D eigenvalue weighted by Crippen LogP contribution is 2.05. The molecule has 0 aliphatic heterocycles. The summed E-state index contributed by atoms with van der Waals surface area (Å²) in [4.78, 5) is 24.5. The van der Waals surface area contributed by atoms with Gasteiger partial charge in [-0.05, 0) is 13.0 Å². The number of nitrogens with zero attached hydrogens (tertiary/aromatic N) is 2. The number of nitrogens with two attached hydrogens (primary N) is 1. The number of imidazole rings is 1. The van der Waals surface area contributed by atoms with Gasteiger partial charge in [-0.15, -0.1) is 0 Å². The van der Waals surface area contributed by atoms with E-state index >= 15 is 0 Å². The molecule has 4 N–H and O–H groups in total. The minimum absolute atomic E-state index is 0.0704. The number of allylic oxidation sites excluding steroid dienone is 1. The summed E-state index contributed by atoms with van der Waals surface area (Å²) in [5, 5.41) is 0. The molecule has 14 heavy (non-hydrogen) atoms. The number of anilines is 1. The van der Waals surface area contributed by atoms with E-state index in [2.05, 4.69) is 19.9 Å². The molecule has 2 rings (SSSR count). The van der Waals surface area contributed by atoms with Gasteiger partial charge in [-0.2, -0.15) is 4.98 Å². The summed E-state index contributed by atoms with van der Waals surface area (Å²) >= 11 is 0. The number of nitrogen functional groups attached to an aromatic ring is 1. The Bertz CT molecular complexity index is 550.